The van der Waals surface area contributed by atoms with Gasteiger partial charge in [-0.1, -0.05) is 42.5 Å². The Morgan fingerprint density at radius 2 is 1.72 bits per heavy atom. The molecule has 0 saturated carbocycles. The van der Waals surface area contributed by atoms with Crippen molar-refractivity contribution in [1.82, 2.24) is 24.1 Å². The topological polar surface area (TPSA) is 44.1 Å². The third kappa shape index (κ3) is 4.80. The van der Waals surface area contributed by atoms with Crippen molar-refractivity contribution >= 4 is 28.3 Å². The van der Waals surface area contributed by atoms with Crippen LogP contribution in [0.3, 0.4) is 0 Å². The number of carbonyl (C=O) groups excluding carboxylic acids is 1. The second-order valence-electron chi connectivity index (χ2n) is 8.71. The monoisotopic (exact) mass is 449 g/mol. The summed E-state index contributed by atoms with van der Waals surface area (Å²) >= 11 is 1.60. The second-order valence-corrected chi connectivity index (χ2v) is 9.58. The van der Waals surface area contributed by atoms with Crippen molar-refractivity contribution in [1.29, 1.82) is 0 Å². The second kappa shape index (κ2) is 9.98. The van der Waals surface area contributed by atoms with E-state index in [2.05, 4.69) is 62.2 Å². The summed E-state index contributed by atoms with van der Waals surface area (Å²) < 4.78 is 2.12. The molecule has 2 aliphatic heterocycles. The molecule has 3 aromatic rings. The van der Waals surface area contributed by atoms with Crippen molar-refractivity contribution in [2.24, 2.45) is 0 Å². The average Bonchev–Trinajstić information content (AvgIpc) is 3.44. The summed E-state index contributed by atoms with van der Waals surface area (Å²) in [6, 6.07) is 10.5. The minimum absolute atomic E-state index is 0.111. The van der Waals surface area contributed by atoms with Gasteiger partial charge in [-0.15, -0.1) is 11.3 Å². The molecule has 2 aliphatic rings. The molecule has 2 fully saturated rings. The first-order chi connectivity index (χ1) is 15.8. The lowest BCUT2D eigenvalue weighted by atomic mass is 10.1. The van der Waals surface area contributed by atoms with Crippen molar-refractivity contribution in [2.75, 3.05) is 45.8 Å². The Labute approximate surface area is 193 Å². The molecule has 6 nitrogen and oxygen atoms in total. The van der Waals surface area contributed by atoms with Crippen LogP contribution in [0.4, 0.5) is 0 Å². The van der Waals surface area contributed by atoms with Gasteiger partial charge in [0.1, 0.15) is 0 Å². The molecule has 0 N–H and O–H groups in total. The third-order valence-corrected chi connectivity index (χ3v) is 7.28. The minimum atomic E-state index is 0.111. The van der Waals surface area contributed by atoms with Gasteiger partial charge < -0.3 is 4.90 Å². The first kappa shape index (κ1) is 21.4. The maximum absolute atomic E-state index is 13.2. The quantitative estimate of drug-likeness (QED) is 0.573. The molecule has 168 valence electrons. The summed E-state index contributed by atoms with van der Waals surface area (Å²) in [5.41, 5.74) is 2.96. The Hall–Kier alpha value is -2.48. The van der Waals surface area contributed by atoms with Crippen LogP contribution in [0.25, 0.3) is 11.0 Å². The van der Waals surface area contributed by atoms with Crippen molar-refractivity contribution in [3.8, 4) is 0 Å². The maximum atomic E-state index is 13.2. The van der Waals surface area contributed by atoms with Gasteiger partial charge in [-0.2, -0.15) is 0 Å². The Morgan fingerprint density at radius 3 is 2.50 bits per heavy atom. The number of likely N-dealkylation sites (tertiary alicyclic amines) is 1. The van der Waals surface area contributed by atoms with E-state index in [4.69, 9.17) is 4.98 Å². The maximum Gasteiger partial charge on any atom is 0.274 e. The van der Waals surface area contributed by atoms with Gasteiger partial charge in [-0.05, 0) is 24.8 Å². The van der Waals surface area contributed by atoms with E-state index in [1.54, 1.807) is 11.3 Å². The molecule has 0 radical (unpaired) electrons. The standard InChI is InChI=1S/C25H31N5OS/c31-24(29-12-5-2-6-13-29)23-22(30-18-19-32-25(30)26-23)20-28-16-14-27(15-17-28)11-7-10-21-8-3-1-4-9-21/h1,3-4,7-10,18-19H,2,5-6,11-17,20H2. The van der Waals surface area contributed by atoms with Crippen LogP contribution in [0.2, 0.25) is 0 Å². The predicted octanol–water partition coefficient (Wildman–Crippen LogP) is 3.85. The Morgan fingerprint density at radius 1 is 0.969 bits per heavy atom. The highest BCUT2D eigenvalue weighted by molar-refractivity contribution is 7.15. The molecular weight excluding hydrogens is 418 g/mol. The van der Waals surface area contributed by atoms with Gasteiger partial charge in [0.2, 0.25) is 0 Å². The Balaban J connectivity index is 1.21. The molecule has 4 heterocycles. The van der Waals surface area contributed by atoms with Crippen LogP contribution in [0, 0.1) is 0 Å². The third-order valence-electron chi connectivity index (χ3n) is 6.52. The zero-order chi connectivity index (χ0) is 21.8. The van der Waals surface area contributed by atoms with Gasteiger partial charge >= 0.3 is 0 Å². The summed E-state index contributed by atoms with van der Waals surface area (Å²) in [7, 11) is 0. The highest BCUT2D eigenvalue weighted by Gasteiger charge is 2.27. The fourth-order valence-electron chi connectivity index (χ4n) is 4.65. The SMILES string of the molecule is O=C(c1nc2sccn2c1CN1CCN(CC=Cc2ccccc2)CC1)N1CCCCC1. The zero-order valence-electron chi connectivity index (χ0n) is 18.5. The van der Waals surface area contributed by atoms with E-state index in [0.717, 1.165) is 75.9 Å². The summed E-state index contributed by atoms with van der Waals surface area (Å²) in [5, 5.41) is 2.05. The van der Waals surface area contributed by atoms with Crippen molar-refractivity contribution < 1.29 is 4.79 Å². The molecule has 0 aliphatic carbocycles. The average molecular weight is 450 g/mol. The van der Waals surface area contributed by atoms with E-state index < -0.39 is 0 Å². The molecule has 5 rings (SSSR count). The molecule has 0 atom stereocenters. The van der Waals surface area contributed by atoms with Crippen LogP contribution in [0.15, 0.2) is 48.0 Å². The van der Waals surface area contributed by atoms with Gasteiger partial charge in [-0.3, -0.25) is 19.0 Å². The molecule has 1 amide bonds. The molecule has 32 heavy (non-hydrogen) atoms. The smallest absolute Gasteiger partial charge is 0.274 e. The first-order valence-corrected chi connectivity index (χ1v) is 12.6. The fraction of sp³-hybridized carbons (Fsp3) is 0.440. The predicted molar refractivity (Wildman–Crippen MR) is 130 cm³/mol. The largest absolute Gasteiger partial charge is 0.337 e. The number of piperazine rings is 1. The summed E-state index contributed by atoms with van der Waals surface area (Å²) in [6.07, 6.45) is 9.93. The van der Waals surface area contributed by atoms with Gasteiger partial charge in [0.05, 0.1) is 5.69 Å². The fourth-order valence-corrected chi connectivity index (χ4v) is 5.38. The van der Waals surface area contributed by atoms with Crippen LogP contribution in [0.1, 0.15) is 41.0 Å². The van der Waals surface area contributed by atoms with E-state index >= 15 is 0 Å². The molecule has 2 aromatic heterocycles. The molecule has 2 saturated heterocycles. The molecular formula is C25H31N5OS. The number of aromatic nitrogens is 2. The highest BCUT2D eigenvalue weighted by Crippen LogP contribution is 2.22. The summed E-state index contributed by atoms with van der Waals surface area (Å²) in [5.74, 6) is 0.111. The normalized spacial score (nSPS) is 18.7. The van der Waals surface area contributed by atoms with Crippen LogP contribution in [-0.4, -0.2) is 75.8 Å². The number of rotatable bonds is 6. The molecule has 0 spiro atoms. The number of benzene rings is 1. The minimum Gasteiger partial charge on any atom is -0.337 e. The number of nitrogens with zero attached hydrogens (tertiary/aromatic N) is 5. The first-order valence-electron chi connectivity index (χ1n) is 11.7. The van der Waals surface area contributed by atoms with E-state index in [1.165, 1.54) is 12.0 Å². The molecule has 0 bridgehead atoms. The highest BCUT2D eigenvalue weighted by atomic mass is 32.1. The Kier molecular flexibility index (Phi) is 6.67. The number of thiazole rings is 1. The van der Waals surface area contributed by atoms with Gasteiger partial charge in [0, 0.05) is 63.9 Å². The summed E-state index contributed by atoms with van der Waals surface area (Å²) in [6.45, 7) is 7.57. The number of hydrogen-bond acceptors (Lipinski definition) is 5. The van der Waals surface area contributed by atoms with Crippen LogP contribution in [-0.2, 0) is 6.54 Å². The number of hydrogen-bond donors (Lipinski definition) is 0. The van der Waals surface area contributed by atoms with E-state index in [-0.39, 0.29) is 5.91 Å². The number of piperidine rings is 1. The van der Waals surface area contributed by atoms with Crippen LogP contribution in [0.5, 0.6) is 0 Å². The van der Waals surface area contributed by atoms with Gasteiger partial charge in [-0.25, -0.2) is 4.98 Å². The molecule has 7 heteroatoms. The lowest BCUT2D eigenvalue weighted by molar-refractivity contribution is 0.0715. The molecule has 1 aromatic carbocycles. The number of amides is 1. The van der Waals surface area contributed by atoms with Crippen molar-refractivity contribution in [2.45, 2.75) is 25.8 Å². The van der Waals surface area contributed by atoms with Crippen molar-refractivity contribution in [3.05, 3.63) is 64.9 Å². The number of carbonyl (C=O) groups is 1. The van der Waals surface area contributed by atoms with E-state index in [1.807, 2.05) is 11.0 Å². The van der Waals surface area contributed by atoms with E-state index in [9.17, 15) is 4.79 Å². The van der Waals surface area contributed by atoms with Crippen molar-refractivity contribution in [3.63, 3.8) is 0 Å². The van der Waals surface area contributed by atoms with E-state index in [0.29, 0.717) is 5.69 Å². The summed E-state index contributed by atoms with van der Waals surface area (Å²) in [4.78, 5) is 25.9. The molecule has 0 unspecified atom stereocenters. The zero-order valence-corrected chi connectivity index (χ0v) is 19.3. The lowest BCUT2D eigenvalue weighted by Crippen LogP contribution is -2.46. The van der Waals surface area contributed by atoms with Crippen LogP contribution >= 0.6 is 11.3 Å². The van der Waals surface area contributed by atoms with Gasteiger partial charge in [0.25, 0.3) is 5.91 Å². The number of fused-ring (bicyclic) bond motifs is 1. The lowest BCUT2D eigenvalue weighted by Gasteiger charge is -2.34. The van der Waals surface area contributed by atoms with Gasteiger partial charge in [0.15, 0.2) is 10.7 Å². The Bertz CT molecular complexity index is 1060. The van der Waals surface area contributed by atoms with Crippen LogP contribution < -0.4 is 0 Å². The number of imidazole rings is 1.